The van der Waals surface area contributed by atoms with E-state index < -0.39 is 11.7 Å². The van der Waals surface area contributed by atoms with E-state index in [1.54, 1.807) is 28.0 Å². The van der Waals surface area contributed by atoms with Crippen molar-refractivity contribution < 1.29 is 18.0 Å². The predicted octanol–water partition coefficient (Wildman–Crippen LogP) is 5.14. The van der Waals surface area contributed by atoms with Crippen LogP contribution in [-0.4, -0.2) is 56.2 Å². The maximum absolute atomic E-state index is 13.8. The third kappa shape index (κ3) is 5.18. The molecular formula is C30H27F3N6O2S. The molecule has 0 atom stereocenters. The molecule has 5 aromatic rings. The summed E-state index contributed by atoms with van der Waals surface area (Å²) in [4.78, 5) is 35.8. The van der Waals surface area contributed by atoms with Crippen molar-refractivity contribution in [3.05, 3.63) is 99.0 Å². The highest BCUT2D eigenvalue weighted by atomic mass is 32.1. The van der Waals surface area contributed by atoms with Gasteiger partial charge in [-0.2, -0.15) is 18.3 Å². The number of alkyl halides is 3. The van der Waals surface area contributed by atoms with Gasteiger partial charge >= 0.3 is 6.18 Å². The Labute approximate surface area is 243 Å². The summed E-state index contributed by atoms with van der Waals surface area (Å²) >= 11 is 1.30. The predicted molar refractivity (Wildman–Crippen MR) is 155 cm³/mol. The number of nitrogens with zero attached hydrogens (tertiary/aromatic N) is 6. The summed E-state index contributed by atoms with van der Waals surface area (Å²) in [5.41, 5.74) is 3.23. The van der Waals surface area contributed by atoms with Crippen LogP contribution in [0.2, 0.25) is 0 Å². The minimum absolute atomic E-state index is 0.00509. The van der Waals surface area contributed by atoms with Crippen LogP contribution in [0.3, 0.4) is 0 Å². The van der Waals surface area contributed by atoms with Crippen molar-refractivity contribution >= 4 is 27.9 Å². The normalized spacial score (nSPS) is 14.1. The van der Waals surface area contributed by atoms with Crippen molar-refractivity contribution in [3.8, 4) is 16.9 Å². The fourth-order valence-electron chi connectivity index (χ4n) is 5.31. The molecule has 0 radical (unpaired) electrons. The molecule has 0 saturated carbocycles. The van der Waals surface area contributed by atoms with E-state index in [0.29, 0.717) is 59.5 Å². The number of hydrogen-bond donors (Lipinski definition) is 0. The molecule has 6 rings (SSSR count). The topological polar surface area (TPSA) is 75.7 Å². The average molecular weight is 593 g/mol. The van der Waals surface area contributed by atoms with Crippen molar-refractivity contribution in [1.82, 2.24) is 24.1 Å². The number of para-hydroxylation sites is 1. The van der Waals surface area contributed by atoms with Gasteiger partial charge in [-0.1, -0.05) is 24.3 Å². The van der Waals surface area contributed by atoms with Crippen LogP contribution < -0.4 is 10.5 Å². The second-order valence-corrected chi connectivity index (χ2v) is 11.1. The maximum atomic E-state index is 13.8. The zero-order chi connectivity index (χ0) is 29.6. The second kappa shape index (κ2) is 10.8. The highest BCUT2D eigenvalue weighted by Gasteiger charge is 2.31. The third-order valence-electron chi connectivity index (χ3n) is 7.47. The Morgan fingerprint density at radius 2 is 1.67 bits per heavy atom. The van der Waals surface area contributed by atoms with Crippen LogP contribution in [0.5, 0.6) is 0 Å². The van der Waals surface area contributed by atoms with Crippen molar-refractivity contribution in [1.29, 1.82) is 0 Å². The number of carbonyl (C=O) groups excluding carboxylic acids is 1. The number of amides is 1. The molecule has 216 valence electrons. The SMILES string of the molecule is Cc1nc2scc(CC(=O)N3CCN(c4cccc(C(F)(F)F)c4)CC3)n2c(=O)c1-c1cc(C)n(-c2ccccc2)n1. The van der Waals surface area contributed by atoms with Crippen molar-refractivity contribution in [2.45, 2.75) is 26.4 Å². The van der Waals surface area contributed by atoms with E-state index in [9.17, 15) is 22.8 Å². The van der Waals surface area contributed by atoms with Gasteiger partial charge in [-0.3, -0.25) is 14.0 Å². The quantitative estimate of drug-likeness (QED) is 0.283. The van der Waals surface area contributed by atoms with Gasteiger partial charge in [0, 0.05) is 48.6 Å². The minimum Gasteiger partial charge on any atom is -0.368 e. The number of halogens is 3. The van der Waals surface area contributed by atoms with Gasteiger partial charge in [-0.25, -0.2) is 9.67 Å². The number of anilines is 1. The molecular weight excluding hydrogens is 565 g/mol. The van der Waals surface area contributed by atoms with E-state index in [0.717, 1.165) is 23.5 Å². The second-order valence-electron chi connectivity index (χ2n) is 10.2. The highest BCUT2D eigenvalue weighted by molar-refractivity contribution is 7.15. The molecule has 2 aromatic carbocycles. The van der Waals surface area contributed by atoms with Crippen molar-refractivity contribution in [2.24, 2.45) is 0 Å². The summed E-state index contributed by atoms with van der Waals surface area (Å²) in [7, 11) is 0. The fraction of sp³-hybridized carbons (Fsp3) is 0.267. The summed E-state index contributed by atoms with van der Waals surface area (Å²) in [6, 6.07) is 16.7. The number of aromatic nitrogens is 4. The van der Waals surface area contributed by atoms with Gasteiger partial charge in [0.15, 0.2) is 4.96 Å². The first kappa shape index (κ1) is 27.7. The Hall–Kier alpha value is -4.45. The molecule has 0 spiro atoms. The first-order valence-electron chi connectivity index (χ1n) is 13.4. The third-order valence-corrected chi connectivity index (χ3v) is 8.34. The molecule has 0 aliphatic carbocycles. The first-order valence-corrected chi connectivity index (χ1v) is 14.3. The first-order chi connectivity index (χ1) is 20.1. The molecule has 42 heavy (non-hydrogen) atoms. The molecule has 0 bridgehead atoms. The molecule has 12 heteroatoms. The van der Waals surface area contributed by atoms with Gasteiger partial charge in [0.1, 0.15) is 5.69 Å². The van der Waals surface area contributed by atoms with Crippen molar-refractivity contribution in [3.63, 3.8) is 0 Å². The lowest BCUT2D eigenvalue weighted by molar-refractivity contribution is -0.137. The maximum Gasteiger partial charge on any atom is 0.416 e. The Balaban J connectivity index is 1.22. The van der Waals surface area contributed by atoms with Crippen LogP contribution in [-0.2, 0) is 17.4 Å². The average Bonchev–Trinajstić information content (AvgIpc) is 3.56. The molecule has 8 nitrogen and oxygen atoms in total. The summed E-state index contributed by atoms with van der Waals surface area (Å²) in [5.74, 6) is -0.156. The number of fused-ring (bicyclic) bond motifs is 1. The van der Waals surface area contributed by atoms with E-state index in [4.69, 9.17) is 5.10 Å². The van der Waals surface area contributed by atoms with Crippen LogP contribution >= 0.6 is 11.3 Å². The molecule has 1 aliphatic heterocycles. The van der Waals surface area contributed by atoms with Gasteiger partial charge in [-0.15, -0.1) is 11.3 Å². The Morgan fingerprint density at radius 1 is 0.952 bits per heavy atom. The summed E-state index contributed by atoms with van der Waals surface area (Å²) in [6.07, 6.45) is -4.41. The van der Waals surface area contributed by atoms with Gasteiger partial charge in [0.05, 0.1) is 28.9 Å². The molecule has 1 saturated heterocycles. The lowest BCUT2D eigenvalue weighted by atomic mass is 10.1. The number of thiazole rings is 1. The van der Waals surface area contributed by atoms with E-state index in [1.807, 2.05) is 48.2 Å². The standard InChI is InChI=1S/C30H27F3N6O2S/c1-19-15-25(35-39(19)22-8-4-3-5-9-22)27-20(2)34-29-38(28(27)41)24(18-42-29)17-26(40)37-13-11-36(12-14-37)23-10-6-7-21(16-23)30(31,32)33/h3-10,15-16,18H,11-14,17H2,1-2H3. The fourth-order valence-corrected chi connectivity index (χ4v) is 6.24. The number of benzene rings is 2. The Kier molecular flexibility index (Phi) is 7.09. The number of rotatable bonds is 5. The van der Waals surface area contributed by atoms with Gasteiger partial charge in [0.25, 0.3) is 5.56 Å². The Morgan fingerprint density at radius 3 is 2.38 bits per heavy atom. The van der Waals surface area contributed by atoms with E-state index in [1.165, 1.54) is 21.8 Å². The molecule has 0 N–H and O–H groups in total. The molecule has 0 unspecified atom stereocenters. The van der Waals surface area contributed by atoms with E-state index in [-0.39, 0.29) is 17.9 Å². The zero-order valence-electron chi connectivity index (χ0n) is 22.9. The molecule has 1 fully saturated rings. The molecule has 1 aliphatic rings. The number of piperazine rings is 1. The van der Waals surface area contributed by atoms with E-state index >= 15 is 0 Å². The van der Waals surface area contributed by atoms with Crippen molar-refractivity contribution in [2.75, 3.05) is 31.1 Å². The molecule has 1 amide bonds. The van der Waals surface area contributed by atoms with Crippen LogP contribution in [0, 0.1) is 13.8 Å². The van der Waals surface area contributed by atoms with Gasteiger partial charge in [-0.05, 0) is 50.2 Å². The number of aryl methyl sites for hydroxylation is 2. The lowest BCUT2D eigenvalue weighted by Crippen LogP contribution is -2.49. The Bertz CT molecular complexity index is 1840. The number of hydrogen-bond acceptors (Lipinski definition) is 6. The van der Waals surface area contributed by atoms with Crippen LogP contribution in [0.1, 0.15) is 22.6 Å². The van der Waals surface area contributed by atoms with Crippen LogP contribution in [0.25, 0.3) is 21.9 Å². The smallest absolute Gasteiger partial charge is 0.368 e. The van der Waals surface area contributed by atoms with Crippen LogP contribution in [0.15, 0.2) is 70.8 Å². The van der Waals surface area contributed by atoms with E-state index in [2.05, 4.69) is 4.98 Å². The summed E-state index contributed by atoms with van der Waals surface area (Å²) in [6.45, 7) is 5.25. The van der Waals surface area contributed by atoms with Gasteiger partial charge in [0.2, 0.25) is 5.91 Å². The minimum atomic E-state index is -4.41. The zero-order valence-corrected chi connectivity index (χ0v) is 23.7. The van der Waals surface area contributed by atoms with Crippen LogP contribution in [0.4, 0.5) is 18.9 Å². The molecule has 3 aromatic heterocycles. The monoisotopic (exact) mass is 592 g/mol. The lowest BCUT2D eigenvalue weighted by Gasteiger charge is -2.36. The largest absolute Gasteiger partial charge is 0.416 e. The summed E-state index contributed by atoms with van der Waals surface area (Å²) < 4.78 is 42.7. The number of carbonyl (C=O) groups is 1. The van der Waals surface area contributed by atoms with Gasteiger partial charge < -0.3 is 9.80 Å². The summed E-state index contributed by atoms with van der Waals surface area (Å²) in [5, 5.41) is 6.48. The highest BCUT2D eigenvalue weighted by Crippen LogP contribution is 2.32. The molecule has 4 heterocycles.